The minimum atomic E-state index is -0.380. The number of amides is 2. The van der Waals surface area contributed by atoms with Crippen molar-refractivity contribution in [2.75, 3.05) is 33.0 Å². The van der Waals surface area contributed by atoms with E-state index in [2.05, 4.69) is 6.58 Å². The van der Waals surface area contributed by atoms with Crippen molar-refractivity contribution in [1.82, 2.24) is 4.90 Å². The van der Waals surface area contributed by atoms with E-state index in [-0.39, 0.29) is 18.2 Å². The molecule has 2 amide bonds. The van der Waals surface area contributed by atoms with E-state index in [9.17, 15) is 9.59 Å². The molecule has 2 N–H and O–H groups in total. The van der Waals surface area contributed by atoms with Gasteiger partial charge in [0, 0.05) is 24.7 Å². The molecule has 18 heavy (non-hydrogen) atoms. The summed E-state index contributed by atoms with van der Waals surface area (Å²) in [6.45, 7) is 5.77. The van der Waals surface area contributed by atoms with E-state index in [1.807, 2.05) is 0 Å². The van der Waals surface area contributed by atoms with E-state index in [0.717, 1.165) is 0 Å². The lowest BCUT2D eigenvalue weighted by Crippen LogP contribution is -2.28. The molecule has 0 saturated heterocycles. The lowest BCUT2D eigenvalue weighted by molar-refractivity contribution is -0.123. The molecule has 0 aromatic carbocycles. The van der Waals surface area contributed by atoms with Gasteiger partial charge in [0.1, 0.15) is 0 Å². The van der Waals surface area contributed by atoms with Crippen LogP contribution in [-0.2, 0) is 19.1 Å². The number of primary amides is 1. The van der Waals surface area contributed by atoms with Crippen LogP contribution in [0.5, 0.6) is 0 Å². The van der Waals surface area contributed by atoms with Gasteiger partial charge in [-0.1, -0.05) is 6.58 Å². The highest BCUT2D eigenvalue weighted by atomic mass is 16.5. The van der Waals surface area contributed by atoms with Gasteiger partial charge in [0.15, 0.2) is 0 Å². The fourth-order valence-electron chi connectivity index (χ4n) is 1.39. The highest BCUT2D eigenvalue weighted by Crippen LogP contribution is 2.11. The number of hydrogen-bond donors (Lipinski definition) is 1. The second-order valence-corrected chi connectivity index (χ2v) is 3.76. The van der Waals surface area contributed by atoms with Gasteiger partial charge in [-0.25, -0.2) is 0 Å². The van der Waals surface area contributed by atoms with Crippen molar-refractivity contribution in [3.05, 3.63) is 24.4 Å². The average molecular weight is 254 g/mol. The van der Waals surface area contributed by atoms with E-state index in [4.69, 9.17) is 15.2 Å². The Balaban J connectivity index is 1.94. The number of ether oxygens (including phenoxy) is 2. The fourth-order valence-corrected chi connectivity index (χ4v) is 1.39. The van der Waals surface area contributed by atoms with Gasteiger partial charge < -0.3 is 20.1 Å². The Labute approximate surface area is 106 Å². The van der Waals surface area contributed by atoms with Gasteiger partial charge in [-0.2, -0.15) is 0 Å². The average Bonchev–Trinajstić information content (AvgIpc) is 2.63. The third-order valence-corrected chi connectivity index (χ3v) is 2.36. The van der Waals surface area contributed by atoms with Crippen LogP contribution in [-0.4, -0.2) is 49.7 Å². The molecule has 0 aromatic rings. The molecule has 1 aliphatic rings. The van der Waals surface area contributed by atoms with Crippen LogP contribution in [0.15, 0.2) is 24.4 Å². The van der Waals surface area contributed by atoms with Crippen LogP contribution >= 0.6 is 0 Å². The van der Waals surface area contributed by atoms with Crippen LogP contribution in [0, 0.1) is 0 Å². The molecule has 1 rings (SSSR count). The molecular formula is C12H18N2O4. The Morgan fingerprint density at radius 1 is 1.22 bits per heavy atom. The number of hydrogen-bond acceptors (Lipinski definition) is 4. The second kappa shape index (κ2) is 7.62. The van der Waals surface area contributed by atoms with Crippen molar-refractivity contribution in [3.63, 3.8) is 0 Å². The van der Waals surface area contributed by atoms with Gasteiger partial charge in [0.05, 0.1) is 26.4 Å². The molecule has 0 spiro atoms. The zero-order chi connectivity index (χ0) is 13.4. The molecule has 0 atom stereocenters. The summed E-state index contributed by atoms with van der Waals surface area (Å²) < 4.78 is 10.4. The standard InChI is InChI=1S/C12H18N2O4/c1-10-2-3-12(16)14(10)5-7-18-9-8-17-6-4-11(13)15/h2-3H,1,4-9H2,(H2,13,15). The lowest BCUT2D eigenvalue weighted by Gasteiger charge is -2.16. The van der Waals surface area contributed by atoms with E-state index in [0.29, 0.717) is 38.7 Å². The van der Waals surface area contributed by atoms with Crippen LogP contribution in [0.1, 0.15) is 6.42 Å². The molecule has 100 valence electrons. The summed E-state index contributed by atoms with van der Waals surface area (Å²) in [5, 5.41) is 0. The Hall–Kier alpha value is -1.66. The molecule has 0 aliphatic carbocycles. The Bertz CT molecular complexity index is 334. The van der Waals surface area contributed by atoms with Crippen LogP contribution in [0.25, 0.3) is 0 Å². The van der Waals surface area contributed by atoms with Crippen molar-refractivity contribution in [1.29, 1.82) is 0 Å². The van der Waals surface area contributed by atoms with Gasteiger partial charge >= 0.3 is 0 Å². The van der Waals surface area contributed by atoms with E-state index < -0.39 is 0 Å². The molecule has 0 saturated carbocycles. The van der Waals surface area contributed by atoms with Crippen molar-refractivity contribution < 1.29 is 19.1 Å². The zero-order valence-electron chi connectivity index (χ0n) is 10.3. The van der Waals surface area contributed by atoms with Crippen molar-refractivity contribution >= 4 is 11.8 Å². The summed E-state index contributed by atoms with van der Waals surface area (Å²) >= 11 is 0. The third kappa shape index (κ3) is 5.11. The van der Waals surface area contributed by atoms with E-state index in [1.54, 1.807) is 11.0 Å². The Morgan fingerprint density at radius 3 is 2.44 bits per heavy atom. The summed E-state index contributed by atoms with van der Waals surface area (Å²) in [6, 6.07) is 0. The molecule has 1 heterocycles. The normalized spacial score (nSPS) is 14.6. The predicted molar refractivity (Wildman–Crippen MR) is 65.4 cm³/mol. The first-order valence-electron chi connectivity index (χ1n) is 5.73. The maximum absolute atomic E-state index is 11.3. The minimum absolute atomic E-state index is 0.0682. The SMILES string of the molecule is C=C1C=CC(=O)N1CCOCCOCCC(N)=O. The highest BCUT2D eigenvalue weighted by Gasteiger charge is 2.17. The lowest BCUT2D eigenvalue weighted by atomic mass is 10.4. The van der Waals surface area contributed by atoms with Gasteiger partial charge in [-0.3, -0.25) is 9.59 Å². The first kappa shape index (κ1) is 14.4. The minimum Gasteiger partial charge on any atom is -0.379 e. The largest absolute Gasteiger partial charge is 0.379 e. The van der Waals surface area contributed by atoms with E-state index in [1.165, 1.54) is 6.08 Å². The van der Waals surface area contributed by atoms with Gasteiger partial charge in [-0.05, 0) is 6.08 Å². The molecule has 0 radical (unpaired) electrons. The molecule has 0 bridgehead atoms. The Morgan fingerprint density at radius 2 is 1.89 bits per heavy atom. The number of carbonyl (C=O) groups is 2. The fraction of sp³-hybridized carbons (Fsp3) is 0.500. The molecule has 0 unspecified atom stereocenters. The summed E-state index contributed by atoms with van der Waals surface area (Å²) in [7, 11) is 0. The molecule has 6 heteroatoms. The van der Waals surface area contributed by atoms with Crippen LogP contribution in [0.2, 0.25) is 0 Å². The molecular weight excluding hydrogens is 236 g/mol. The van der Waals surface area contributed by atoms with Gasteiger partial charge in [-0.15, -0.1) is 0 Å². The first-order chi connectivity index (χ1) is 8.61. The quantitative estimate of drug-likeness (QED) is 0.578. The van der Waals surface area contributed by atoms with Crippen LogP contribution in [0.4, 0.5) is 0 Å². The number of carbonyl (C=O) groups excluding carboxylic acids is 2. The second-order valence-electron chi connectivity index (χ2n) is 3.76. The third-order valence-electron chi connectivity index (χ3n) is 2.36. The van der Waals surface area contributed by atoms with Crippen molar-refractivity contribution in [3.8, 4) is 0 Å². The Kier molecular flexibility index (Phi) is 6.10. The van der Waals surface area contributed by atoms with Crippen molar-refractivity contribution in [2.45, 2.75) is 6.42 Å². The molecule has 6 nitrogen and oxygen atoms in total. The summed E-state index contributed by atoms with van der Waals surface area (Å²) in [5.74, 6) is -0.448. The molecule has 0 fully saturated rings. The monoisotopic (exact) mass is 254 g/mol. The molecule has 1 aliphatic heterocycles. The summed E-state index contributed by atoms with van der Waals surface area (Å²) in [6.07, 6.45) is 3.37. The smallest absolute Gasteiger partial charge is 0.251 e. The number of nitrogens with zero attached hydrogens (tertiary/aromatic N) is 1. The van der Waals surface area contributed by atoms with Crippen LogP contribution < -0.4 is 5.73 Å². The first-order valence-corrected chi connectivity index (χ1v) is 5.73. The van der Waals surface area contributed by atoms with Crippen molar-refractivity contribution in [2.24, 2.45) is 5.73 Å². The summed E-state index contributed by atoms with van der Waals surface area (Å²) in [5.41, 5.74) is 5.63. The number of allylic oxidation sites excluding steroid dienone is 1. The maximum Gasteiger partial charge on any atom is 0.251 e. The highest BCUT2D eigenvalue weighted by molar-refractivity contribution is 5.92. The summed E-state index contributed by atoms with van der Waals surface area (Å²) in [4.78, 5) is 23.3. The van der Waals surface area contributed by atoms with E-state index >= 15 is 0 Å². The van der Waals surface area contributed by atoms with Gasteiger partial charge in [0.2, 0.25) is 5.91 Å². The number of nitrogens with two attached hydrogens (primary N) is 1. The molecule has 0 aromatic heterocycles. The maximum atomic E-state index is 11.3. The predicted octanol–water partition coefficient (Wildman–Crippen LogP) is -0.193. The topological polar surface area (TPSA) is 81.9 Å². The number of rotatable bonds is 9. The zero-order valence-corrected chi connectivity index (χ0v) is 10.3. The van der Waals surface area contributed by atoms with Crippen LogP contribution in [0.3, 0.4) is 0 Å². The van der Waals surface area contributed by atoms with Gasteiger partial charge in [0.25, 0.3) is 5.91 Å².